The summed E-state index contributed by atoms with van der Waals surface area (Å²) in [6.07, 6.45) is 0. The Labute approximate surface area is 92.0 Å². The number of aromatic nitrogens is 1. The number of rotatable bonds is 2. The SMILES string of the molecule is Cc1onc(-c2ccc(N)cc2)c1C(N)=O. The number of amides is 1. The minimum Gasteiger partial charge on any atom is -0.399 e. The van der Waals surface area contributed by atoms with Crippen LogP contribution in [0, 0.1) is 6.92 Å². The van der Waals surface area contributed by atoms with Crippen LogP contribution in [0.15, 0.2) is 28.8 Å². The highest BCUT2D eigenvalue weighted by Crippen LogP contribution is 2.25. The standard InChI is InChI=1S/C11H11N3O2/c1-6-9(11(13)15)10(14-16-6)7-2-4-8(12)5-3-7/h2-5H,12H2,1H3,(H2,13,15). The lowest BCUT2D eigenvalue weighted by atomic mass is 10.1. The third kappa shape index (κ3) is 1.63. The van der Waals surface area contributed by atoms with E-state index in [-0.39, 0.29) is 0 Å². The smallest absolute Gasteiger partial charge is 0.254 e. The van der Waals surface area contributed by atoms with Gasteiger partial charge in [-0.05, 0) is 19.1 Å². The first-order chi connectivity index (χ1) is 7.59. The van der Waals surface area contributed by atoms with Crippen LogP contribution < -0.4 is 11.5 Å². The number of nitrogens with zero attached hydrogens (tertiary/aromatic N) is 1. The van der Waals surface area contributed by atoms with Gasteiger partial charge in [0.25, 0.3) is 5.91 Å². The van der Waals surface area contributed by atoms with Crippen molar-refractivity contribution < 1.29 is 9.32 Å². The quantitative estimate of drug-likeness (QED) is 0.742. The Morgan fingerprint density at radius 2 is 1.94 bits per heavy atom. The summed E-state index contributed by atoms with van der Waals surface area (Å²) in [6.45, 7) is 1.65. The highest BCUT2D eigenvalue weighted by atomic mass is 16.5. The lowest BCUT2D eigenvalue weighted by molar-refractivity contribution is 0.0999. The number of hydrogen-bond acceptors (Lipinski definition) is 4. The number of primary amides is 1. The van der Waals surface area contributed by atoms with Crippen molar-refractivity contribution in [1.82, 2.24) is 5.16 Å². The largest absolute Gasteiger partial charge is 0.399 e. The summed E-state index contributed by atoms with van der Waals surface area (Å²) < 4.78 is 4.96. The van der Waals surface area contributed by atoms with Crippen molar-refractivity contribution in [3.63, 3.8) is 0 Å². The Bertz CT molecular complexity index is 529. The van der Waals surface area contributed by atoms with Gasteiger partial charge in [-0.1, -0.05) is 17.3 Å². The molecule has 0 atom stereocenters. The van der Waals surface area contributed by atoms with E-state index in [0.29, 0.717) is 22.7 Å². The van der Waals surface area contributed by atoms with E-state index in [4.69, 9.17) is 16.0 Å². The third-order valence-electron chi connectivity index (χ3n) is 2.29. The molecule has 1 aromatic carbocycles. The maximum atomic E-state index is 11.2. The molecule has 0 aliphatic heterocycles. The summed E-state index contributed by atoms with van der Waals surface area (Å²) in [5.41, 5.74) is 13.0. The highest BCUT2D eigenvalue weighted by Gasteiger charge is 2.18. The third-order valence-corrected chi connectivity index (χ3v) is 2.29. The molecule has 5 heteroatoms. The second-order valence-electron chi connectivity index (χ2n) is 3.45. The molecule has 0 bridgehead atoms. The molecular weight excluding hydrogens is 206 g/mol. The normalized spacial score (nSPS) is 10.3. The van der Waals surface area contributed by atoms with Crippen molar-refractivity contribution in [3.05, 3.63) is 35.6 Å². The molecule has 0 aliphatic carbocycles. The first kappa shape index (κ1) is 10.2. The maximum Gasteiger partial charge on any atom is 0.254 e. The van der Waals surface area contributed by atoms with E-state index < -0.39 is 5.91 Å². The summed E-state index contributed by atoms with van der Waals surface area (Å²) in [5.74, 6) is -0.134. The molecular formula is C11H11N3O2. The number of aryl methyl sites for hydroxylation is 1. The summed E-state index contributed by atoms with van der Waals surface area (Å²) in [5, 5.41) is 3.82. The van der Waals surface area contributed by atoms with Gasteiger partial charge >= 0.3 is 0 Å². The lowest BCUT2D eigenvalue weighted by Crippen LogP contribution is -2.12. The van der Waals surface area contributed by atoms with Crippen molar-refractivity contribution in [1.29, 1.82) is 0 Å². The summed E-state index contributed by atoms with van der Waals surface area (Å²) in [6, 6.07) is 6.98. The van der Waals surface area contributed by atoms with E-state index >= 15 is 0 Å². The fourth-order valence-electron chi connectivity index (χ4n) is 1.50. The second-order valence-corrected chi connectivity index (χ2v) is 3.45. The Hall–Kier alpha value is -2.30. The predicted molar refractivity (Wildman–Crippen MR) is 59.6 cm³/mol. The van der Waals surface area contributed by atoms with Gasteiger partial charge in [-0.3, -0.25) is 4.79 Å². The Kier molecular flexibility index (Phi) is 2.36. The molecule has 0 saturated heterocycles. The molecule has 0 aliphatic rings. The Morgan fingerprint density at radius 1 is 1.31 bits per heavy atom. The van der Waals surface area contributed by atoms with Crippen LogP contribution in [0.25, 0.3) is 11.3 Å². The zero-order valence-corrected chi connectivity index (χ0v) is 8.73. The van der Waals surface area contributed by atoms with Crippen LogP contribution in [0.4, 0.5) is 5.69 Å². The van der Waals surface area contributed by atoms with Crippen LogP contribution in [0.2, 0.25) is 0 Å². The molecule has 1 heterocycles. The molecule has 0 fully saturated rings. The number of anilines is 1. The molecule has 1 aromatic heterocycles. The first-order valence-electron chi connectivity index (χ1n) is 4.71. The predicted octanol–water partition coefficient (Wildman–Crippen LogP) is 1.33. The van der Waals surface area contributed by atoms with Gasteiger partial charge in [0.05, 0.1) is 0 Å². The summed E-state index contributed by atoms with van der Waals surface area (Å²) in [4.78, 5) is 11.2. The van der Waals surface area contributed by atoms with Gasteiger partial charge in [-0.2, -0.15) is 0 Å². The fourth-order valence-corrected chi connectivity index (χ4v) is 1.50. The fraction of sp³-hybridized carbons (Fsp3) is 0.0909. The van der Waals surface area contributed by atoms with Gasteiger partial charge in [0.15, 0.2) is 0 Å². The van der Waals surface area contributed by atoms with E-state index in [1.807, 2.05) is 0 Å². The van der Waals surface area contributed by atoms with Crippen LogP contribution in [0.1, 0.15) is 16.1 Å². The average molecular weight is 217 g/mol. The molecule has 82 valence electrons. The maximum absolute atomic E-state index is 11.2. The van der Waals surface area contributed by atoms with E-state index in [1.165, 1.54) is 0 Å². The van der Waals surface area contributed by atoms with Gasteiger partial charge in [0.2, 0.25) is 0 Å². The first-order valence-corrected chi connectivity index (χ1v) is 4.71. The number of hydrogen-bond donors (Lipinski definition) is 2. The number of nitrogens with two attached hydrogens (primary N) is 2. The van der Waals surface area contributed by atoms with Gasteiger partial charge in [-0.25, -0.2) is 0 Å². The van der Waals surface area contributed by atoms with Crippen LogP contribution in [-0.4, -0.2) is 11.1 Å². The van der Waals surface area contributed by atoms with E-state index in [1.54, 1.807) is 31.2 Å². The molecule has 0 radical (unpaired) electrons. The topological polar surface area (TPSA) is 95.1 Å². The summed E-state index contributed by atoms with van der Waals surface area (Å²) >= 11 is 0. The molecule has 0 spiro atoms. The highest BCUT2D eigenvalue weighted by molar-refractivity contribution is 5.99. The van der Waals surface area contributed by atoms with Crippen LogP contribution in [0.5, 0.6) is 0 Å². The average Bonchev–Trinajstić information content (AvgIpc) is 2.61. The number of carbonyl (C=O) groups excluding carboxylic acids is 1. The van der Waals surface area contributed by atoms with Crippen molar-refractivity contribution >= 4 is 11.6 Å². The minimum absolute atomic E-state index is 0.310. The van der Waals surface area contributed by atoms with Crippen LogP contribution in [0.3, 0.4) is 0 Å². The van der Waals surface area contributed by atoms with Crippen LogP contribution in [-0.2, 0) is 0 Å². The number of benzene rings is 1. The molecule has 0 saturated carbocycles. The molecule has 5 nitrogen and oxygen atoms in total. The van der Waals surface area contributed by atoms with Crippen molar-refractivity contribution in [2.75, 3.05) is 5.73 Å². The molecule has 0 unspecified atom stereocenters. The molecule has 4 N–H and O–H groups in total. The van der Waals surface area contributed by atoms with Crippen molar-refractivity contribution in [3.8, 4) is 11.3 Å². The second kappa shape index (κ2) is 3.69. The summed E-state index contributed by atoms with van der Waals surface area (Å²) in [7, 11) is 0. The van der Waals surface area contributed by atoms with Crippen molar-refractivity contribution in [2.24, 2.45) is 5.73 Å². The van der Waals surface area contributed by atoms with Gasteiger partial charge in [0, 0.05) is 11.3 Å². The van der Waals surface area contributed by atoms with E-state index in [0.717, 1.165) is 5.56 Å². The van der Waals surface area contributed by atoms with Crippen molar-refractivity contribution in [2.45, 2.75) is 6.92 Å². The zero-order chi connectivity index (χ0) is 11.7. The van der Waals surface area contributed by atoms with E-state index in [2.05, 4.69) is 5.16 Å². The van der Waals surface area contributed by atoms with Gasteiger partial charge < -0.3 is 16.0 Å². The monoisotopic (exact) mass is 217 g/mol. The molecule has 2 rings (SSSR count). The Morgan fingerprint density at radius 3 is 2.50 bits per heavy atom. The zero-order valence-electron chi connectivity index (χ0n) is 8.73. The molecule has 2 aromatic rings. The number of carbonyl (C=O) groups is 1. The lowest BCUT2D eigenvalue weighted by Gasteiger charge is -1.99. The van der Waals surface area contributed by atoms with E-state index in [9.17, 15) is 4.79 Å². The Balaban J connectivity index is 2.56. The number of nitrogen functional groups attached to an aromatic ring is 1. The molecule has 16 heavy (non-hydrogen) atoms. The van der Waals surface area contributed by atoms with Crippen LogP contribution >= 0.6 is 0 Å². The van der Waals surface area contributed by atoms with Gasteiger partial charge in [0.1, 0.15) is 17.0 Å². The minimum atomic E-state index is -0.550. The molecule has 1 amide bonds. The van der Waals surface area contributed by atoms with Gasteiger partial charge in [-0.15, -0.1) is 0 Å².